The first-order valence-corrected chi connectivity index (χ1v) is 9.64. The maximum absolute atomic E-state index is 12.8. The van der Waals surface area contributed by atoms with Crippen LogP contribution in [0.25, 0.3) is 0 Å². The summed E-state index contributed by atoms with van der Waals surface area (Å²) in [5.74, 6) is 0. The Hall–Kier alpha value is -0.390. The summed E-state index contributed by atoms with van der Waals surface area (Å²) in [6, 6.07) is 2.31. The Morgan fingerprint density at radius 2 is 1.89 bits per heavy atom. The Morgan fingerprint density at radius 3 is 2.47 bits per heavy atom. The van der Waals surface area contributed by atoms with E-state index in [-0.39, 0.29) is 11.3 Å². The van der Waals surface area contributed by atoms with Crippen molar-refractivity contribution in [3.05, 3.63) is 22.4 Å². The van der Waals surface area contributed by atoms with E-state index >= 15 is 0 Å². The zero-order valence-corrected chi connectivity index (χ0v) is 12.8. The molecule has 0 radical (unpaired) electrons. The van der Waals surface area contributed by atoms with Crippen molar-refractivity contribution in [3.63, 3.8) is 0 Å². The number of sulfonamides is 1. The van der Waals surface area contributed by atoms with Crippen LogP contribution in [-0.2, 0) is 16.6 Å². The van der Waals surface area contributed by atoms with Crippen LogP contribution >= 0.6 is 11.3 Å². The summed E-state index contributed by atoms with van der Waals surface area (Å²) in [5.41, 5.74) is 1.14. The number of nitrogens with zero attached hydrogens (tertiary/aromatic N) is 1. The third-order valence-electron chi connectivity index (χ3n) is 4.17. The monoisotopic (exact) mass is 299 g/mol. The molecule has 0 atom stereocenters. The second-order valence-electron chi connectivity index (χ2n) is 5.71. The van der Waals surface area contributed by atoms with E-state index in [1.165, 1.54) is 6.42 Å². The van der Waals surface area contributed by atoms with Gasteiger partial charge in [-0.25, -0.2) is 8.42 Å². The van der Waals surface area contributed by atoms with E-state index in [2.05, 4.69) is 5.38 Å². The van der Waals surface area contributed by atoms with Crippen LogP contribution in [0.2, 0.25) is 0 Å². The van der Waals surface area contributed by atoms with E-state index in [1.807, 2.05) is 11.4 Å². The van der Waals surface area contributed by atoms with E-state index in [9.17, 15) is 8.42 Å². The van der Waals surface area contributed by atoms with Crippen LogP contribution in [0.1, 0.15) is 50.5 Å². The van der Waals surface area contributed by atoms with Crippen molar-refractivity contribution < 1.29 is 8.42 Å². The summed E-state index contributed by atoms with van der Waals surface area (Å²) in [7, 11) is -3.10. The average Bonchev–Trinajstić information content (AvgIpc) is 3.13. The van der Waals surface area contributed by atoms with Gasteiger partial charge in [0.05, 0.1) is 5.25 Å². The molecule has 2 fully saturated rings. The molecule has 0 unspecified atom stereocenters. The minimum atomic E-state index is -3.10. The molecule has 2 aliphatic rings. The lowest BCUT2D eigenvalue weighted by molar-refractivity contribution is 0.376. The number of hydrogen-bond acceptors (Lipinski definition) is 3. The molecule has 5 heteroatoms. The van der Waals surface area contributed by atoms with E-state index in [1.54, 1.807) is 15.6 Å². The summed E-state index contributed by atoms with van der Waals surface area (Å²) in [6.45, 7) is 0.576. The van der Waals surface area contributed by atoms with Gasteiger partial charge in [0.25, 0.3) is 0 Å². The van der Waals surface area contributed by atoms with E-state index in [0.29, 0.717) is 6.54 Å². The molecule has 2 saturated carbocycles. The topological polar surface area (TPSA) is 37.4 Å². The predicted octanol–water partition coefficient (Wildman–Crippen LogP) is 3.38. The van der Waals surface area contributed by atoms with E-state index in [0.717, 1.165) is 44.1 Å². The van der Waals surface area contributed by atoms with Crippen LogP contribution in [-0.4, -0.2) is 24.0 Å². The molecule has 0 aliphatic heterocycles. The average molecular weight is 299 g/mol. The highest BCUT2D eigenvalue weighted by molar-refractivity contribution is 7.89. The standard InChI is InChI=1S/C14H21NO2S2/c16-19(17,14-4-2-1-3-5-14)15(13-6-7-13)10-12-8-9-18-11-12/h8-9,11,13-14H,1-7,10H2. The largest absolute Gasteiger partial charge is 0.217 e. The van der Waals surface area contributed by atoms with Gasteiger partial charge in [-0.3, -0.25) is 0 Å². The highest BCUT2D eigenvalue weighted by Gasteiger charge is 2.41. The molecule has 1 aromatic heterocycles. The molecule has 3 rings (SSSR count). The molecule has 0 aromatic carbocycles. The first kappa shape index (κ1) is 13.6. The Bertz CT molecular complexity index is 500. The third kappa shape index (κ3) is 3.03. The summed E-state index contributed by atoms with van der Waals surface area (Å²) in [4.78, 5) is 0. The molecular formula is C14H21NO2S2. The molecule has 19 heavy (non-hydrogen) atoms. The minimum Gasteiger partial charge on any atom is -0.212 e. The lowest BCUT2D eigenvalue weighted by Gasteiger charge is -2.29. The Morgan fingerprint density at radius 1 is 1.16 bits per heavy atom. The molecule has 1 aromatic rings. The van der Waals surface area contributed by atoms with Gasteiger partial charge in [0.15, 0.2) is 0 Å². The van der Waals surface area contributed by atoms with Gasteiger partial charge in [0.2, 0.25) is 10.0 Å². The fourth-order valence-electron chi connectivity index (χ4n) is 2.91. The highest BCUT2D eigenvalue weighted by Crippen LogP contribution is 2.35. The molecule has 0 saturated heterocycles. The van der Waals surface area contributed by atoms with E-state index < -0.39 is 10.0 Å². The zero-order valence-electron chi connectivity index (χ0n) is 11.1. The van der Waals surface area contributed by atoms with Crippen LogP contribution in [0.15, 0.2) is 16.8 Å². The lowest BCUT2D eigenvalue weighted by Crippen LogP contribution is -2.40. The maximum atomic E-state index is 12.8. The van der Waals surface area contributed by atoms with Gasteiger partial charge in [-0.1, -0.05) is 19.3 Å². The second kappa shape index (κ2) is 5.54. The van der Waals surface area contributed by atoms with Crippen LogP contribution in [0.4, 0.5) is 0 Å². The lowest BCUT2D eigenvalue weighted by atomic mass is 10.0. The van der Waals surface area contributed by atoms with Gasteiger partial charge in [0.1, 0.15) is 0 Å². The van der Waals surface area contributed by atoms with Crippen LogP contribution in [0.3, 0.4) is 0 Å². The first-order valence-electron chi connectivity index (χ1n) is 7.19. The fraction of sp³-hybridized carbons (Fsp3) is 0.714. The molecule has 2 aliphatic carbocycles. The number of hydrogen-bond donors (Lipinski definition) is 0. The summed E-state index contributed by atoms with van der Waals surface area (Å²) < 4.78 is 27.4. The van der Waals surface area contributed by atoms with Gasteiger partial charge in [0, 0.05) is 12.6 Å². The second-order valence-corrected chi connectivity index (χ2v) is 8.66. The van der Waals surface area contributed by atoms with Gasteiger partial charge in [-0.15, -0.1) is 0 Å². The SMILES string of the molecule is O=S(=O)(C1CCCCC1)N(Cc1ccsc1)C1CC1. The number of rotatable bonds is 5. The van der Waals surface area contributed by atoms with Crippen molar-refractivity contribution in [2.45, 2.75) is 62.8 Å². The molecule has 0 spiro atoms. The smallest absolute Gasteiger partial charge is 0.212 e. The van der Waals surface area contributed by atoms with Crippen LogP contribution < -0.4 is 0 Å². The van der Waals surface area contributed by atoms with Crippen molar-refractivity contribution in [1.29, 1.82) is 0 Å². The number of thiophene rings is 1. The summed E-state index contributed by atoms with van der Waals surface area (Å²) in [5, 5.41) is 3.96. The van der Waals surface area contributed by atoms with Crippen LogP contribution in [0.5, 0.6) is 0 Å². The van der Waals surface area contributed by atoms with Gasteiger partial charge >= 0.3 is 0 Å². The van der Waals surface area contributed by atoms with Crippen molar-refractivity contribution >= 4 is 21.4 Å². The molecule has 106 valence electrons. The predicted molar refractivity (Wildman–Crippen MR) is 78.7 cm³/mol. The minimum absolute atomic E-state index is 0.125. The molecule has 1 heterocycles. The Balaban J connectivity index is 1.78. The first-order chi connectivity index (χ1) is 9.18. The van der Waals surface area contributed by atoms with Gasteiger partial charge in [-0.2, -0.15) is 15.6 Å². The summed E-state index contributed by atoms with van der Waals surface area (Å²) in [6.07, 6.45) is 7.12. The molecule has 0 amide bonds. The van der Waals surface area contributed by atoms with Gasteiger partial charge < -0.3 is 0 Å². The van der Waals surface area contributed by atoms with Crippen molar-refractivity contribution in [2.24, 2.45) is 0 Å². The molecule has 0 N–H and O–H groups in total. The Kier molecular flexibility index (Phi) is 3.96. The van der Waals surface area contributed by atoms with E-state index in [4.69, 9.17) is 0 Å². The van der Waals surface area contributed by atoms with Gasteiger partial charge in [-0.05, 0) is 48.1 Å². The third-order valence-corrected chi connectivity index (χ3v) is 7.30. The normalized spacial score (nSPS) is 21.9. The molecule has 0 bridgehead atoms. The molecular weight excluding hydrogens is 278 g/mol. The Labute approximate surface area is 119 Å². The fourth-order valence-corrected chi connectivity index (χ4v) is 5.83. The van der Waals surface area contributed by atoms with Crippen molar-refractivity contribution in [3.8, 4) is 0 Å². The highest BCUT2D eigenvalue weighted by atomic mass is 32.2. The van der Waals surface area contributed by atoms with Crippen LogP contribution in [0, 0.1) is 0 Å². The zero-order chi connectivity index (χ0) is 13.3. The maximum Gasteiger partial charge on any atom is 0.217 e. The van der Waals surface area contributed by atoms with Crippen molar-refractivity contribution in [1.82, 2.24) is 4.31 Å². The molecule has 3 nitrogen and oxygen atoms in total. The quantitative estimate of drug-likeness (QED) is 0.836. The summed E-state index contributed by atoms with van der Waals surface area (Å²) >= 11 is 1.64. The van der Waals surface area contributed by atoms with Crippen molar-refractivity contribution in [2.75, 3.05) is 0 Å².